The molecule has 4 nitrogen and oxygen atoms in total. The van der Waals surface area contributed by atoms with Crippen LogP contribution in [0.15, 0.2) is 30.9 Å². The number of aromatic nitrogens is 3. The number of hydrogen-bond acceptors (Lipinski definition) is 3. The summed E-state index contributed by atoms with van der Waals surface area (Å²) in [5, 5.41) is 0.625. The second-order valence-corrected chi connectivity index (χ2v) is 4.40. The lowest BCUT2D eigenvalue weighted by Crippen LogP contribution is -2.13. The first-order chi connectivity index (χ1) is 8.18. The third kappa shape index (κ3) is 2.84. The summed E-state index contributed by atoms with van der Waals surface area (Å²) < 4.78 is 2.00. The number of halogens is 1. The first-order valence-corrected chi connectivity index (χ1v) is 5.87. The van der Waals surface area contributed by atoms with Gasteiger partial charge in [0.2, 0.25) is 0 Å². The van der Waals surface area contributed by atoms with Crippen LogP contribution in [-0.2, 0) is 13.5 Å². The smallest absolute Gasteiger partial charge is 0.108 e. The van der Waals surface area contributed by atoms with Crippen molar-refractivity contribution in [2.24, 2.45) is 12.8 Å². The second-order valence-electron chi connectivity index (χ2n) is 4.00. The Bertz CT molecular complexity index is 495. The van der Waals surface area contributed by atoms with E-state index in [0.717, 1.165) is 24.2 Å². The predicted octanol–water partition coefficient (Wildman–Crippen LogP) is 2.10. The first kappa shape index (κ1) is 12.1. The zero-order valence-corrected chi connectivity index (χ0v) is 10.4. The molecular formula is C12H15ClN4. The molecule has 0 saturated carbocycles. The Morgan fingerprint density at radius 3 is 2.94 bits per heavy atom. The van der Waals surface area contributed by atoms with Crippen molar-refractivity contribution in [1.29, 1.82) is 0 Å². The minimum atomic E-state index is -0.0813. The molecule has 2 aromatic rings. The fourth-order valence-electron chi connectivity index (χ4n) is 1.76. The molecule has 90 valence electrons. The van der Waals surface area contributed by atoms with Gasteiger partial charge in [-0.3, -0.25) is 4.98 Å². The summed E-state index contributed by atoms with van der Waals surface area (Å²) in [5.41, 5.74) is 7.05. The van der Waals surface area contributed by atoms with Crippen LogP contribution in [-0.4, -0.2) is 14.5 Å². The molecular weight excluding hydrogens is 236 g/mol. The van der Waals surface area contributed by atoms with Gasteiger partial charge in [-0.1, -0.05) is 11.6 Å². The molecule has 0 saturated heterocycles. The Morgan fingerprint density at radius 1 is 1.47 bits per heavy atom. The van der Waals surface area contributed by atoms with E-state index in [0.29, 0.717) is 5.02 Å². The molecule has 0 spiro atoms. The minimum Gasteiger partial charge on any atom is -0.338 e. The first-order valence-electron chi connectivity index (χ1n) is 5.49. The van der Waals surface area contributed by atoms with Crippen molar-refractivity contribution in [1.82, 2.24) is 14.5 Å². The second kappa shape index (κ2) is 5.29. The van der Waals surface area contributed by atoms with Gasteiger partial charge >= 0.3 is 0 Å². The number of nitrogens with two attached hydrogens (primary N) is 1. The van der Waals surface area contributed by atoms with Gasteiger partial charge in [0.15, 0.2) is 0 Å². The Labute approximate surface area is 105 Å². The Kier molecular flexibility index (Phi) is 3.76. The average molecular weight is 251 g/mol. The summed E-state index contributed by atoms with van der Waals surface area (Å²) in [5.74, 6) is 1.03. The van der Waals surface area contributed by atoms with E-state index in [1.165, 1.54) is 0 Å². The van der Waals surface area contributed by atoms with Gasteiger partial charge < -0.3 is 10.3 Å². The summed E-state index contributed by atoms with van der Waals surface area (Å²) in [6.45, 7) is 0. The highest BCUT2D eigenvalue weighted by Gasteiger charge is 2.11. The highest BCUT2D eigenvalue weighted by molar-refractivity contribution is 6.31. The molecule has 1 atom stereocenters. The van der Waals surface area contributed by atoms with E-state index in [1.54, 1.807) is 18.6 Å². The standard InChI is InChI=1S/C12H15ClN4/c1-17-7-6-16-12(17)3-2-11(14)9-4-5-15-8-10(9)13/h4-8,11H,2-3,14H2,1H3. The molecule has 0 aliphatic carbocycles. The van der Waals surface area contributed by atoms with Crippen molar-refractivity contribution < 1.29 is 0 Å². The topological polar surface area (TPSA) is 56.7 Å². The van der Waals surface area contributed by atoms with E-state index in [1.807, 2.05) is 23.9 Å². The minimum absolute atomic E-state index is 0.0813. The lowest BCUT2D eigenvalue weighted by molar-refractivity contribution is 0.620. The van der Waals surface area contributed by atoms with Gasteiger partial charge in [-0.25, -0.2) is 4.98 Å². The number of rotatable bonds is 4. The van der Waals surface area contributed by atoms with Crippen LogP contribution < -0.4 is 5.73 Å². The highest BCUT2D eigenvalue weighted by atomic mass is 35.5. The van der Waals surface area contributed by atoms with Crippen LogP contribution in [0.4, 0.5) is 0 Å². The molecule has 0 radical (unpaired) electrons. The van der Waals surface area contributed by atoms with Gasteiger partial charge in [0.05, 0.1) is 5.02 Å². The van der Waals surface area contributed by atoms with Crippen molar-refractivity contribution in [2.75, 3.05) is 0 Å². The SMILES string of the molecule is Cn1ccnc1CCC(N)c1ccncc1Cl. The quantitative estimate of drug-likeness (QED) is 0.904. The van der Waals surface area contributed by atoms with Crippen LogP contribution in [0, 0.1) is 0 Å². The zero-order chi connectivity index (χ0) is 12.3. The molecule has 0 bridgehead atoms. The fourth-order valence-corrected chi connectivity index (χ4v) is 2.02. The molecule has 1 unspecified atom stereocenters. The average Bonchev–Trinajstić information content (AvgIpc) is 2.72. The van der Waals surface area contributed by atoms with Gasteiger partial charge in [0, 0.05) is 44.3 Å². The van der Waals surface area contributed by atoms with Crippen LogP contribution >= 0.6 is 11.6 Å². The summed E-state index contributed by atoms with van der Waals surface area (Å²) >= 11 is 6.05. The lowest BCUT2D eigenvalue weighted by atomic mass is 10.0. The van der Waals surface area contributed by atoms with Crippen LogP contribution in [0.5, 0.6) is 0 Å². The zero-order valence-electron chi connectivity index (χ0n) is 9.68. The van der Waals surface area contributed by atoms with E-state index in [9.17, 15) is 0 Å². The Balaban J connectivity index is 2.01. The maximum Gasteiger partial charge on any atom is 0.108 e. The third-order valence-electron chi connectivity index (χ3n) is 2.80. The Morgan fingerprint density at radius 2 is 2.29 bits per heavy atom. The number of nitrogens with zero attached hydrogens (tertiary/aromatic N) is 3. The maximum absolute atomic E-state index is 6.11. The number of imidazole rings is 1. The Hall–Kier alpha value is -1.39. The van der Waals surface area contributed by atoms with Crippen LogP contribution in [0.1, 0.15) is 23.9 Å². The van der Waals surface area contributed by atoms with Crippen LogP contribution in [0.3, 0.4) is 0 Å². The molecule has 0 fully saturated rings. The molecule has 17 heavy (non-hydrogen) atoms. The molecule has 0 aromatic carbocycles. The predicted molar refractivity (Wildman–Crippen MR) is 67.7 cm³/mol. The van der Waals surface area contributed by atoms with Crippen molar-refractivity contribution in [3.05, 3.63) is 47.3 Å². The number of aryl methyl sites for hydroxylation is 2. The number of pyridine rings is 1. The third-order valence-corrected chi connectivity index (χ3v) is 3.12. The van der Waals surface area contributed by atoms with Crippen LogP contribution in [0.2, 0.25) is 5.02 Å². The van der Waals surface area contributed by atoms with Gasteiger partial charge in [0.25, 0.3) is 0 Å². The van der Waals surface area contributed by atoms with E-state index in [2.05, 4.69) is 9.97 Å². The van der Waals surface area contributed by atoms with Crippen LogP contribution in [0.25, 0.3) is 0 Å². The van der Waals surface area contributed by atoms with Crippen molar-refractivity contribution in [3.8, 4) is 0 Å². The summed E-state index contributed by atoms with van der Waals surface area (Å²) in [6.07, 6.45) is 8.71. The van der Waals surface area contributed by atoms with Gasteiger partial charge in [0.1, 0.15) is 5.82 Å². The van der Waals surface area contributed by atoms with E-state index < -0.39 is 0 Å². The lowest BCUT2D eigenvalue weighted by Gasteiger charge is -2.12. The number of hydrogen-bond donors (Lipinski definition) is 1. The maximum atomic E-state index is 6.11. The van der Waals surface area contributed by atoms with Crippen molar-refractivity contribution in [3.63, 3.8) is 0 Å². The summed E-state index contributed by atoms with van der Waals surface area (Å²) in [6, 6.07) is 1.79. The normalized spacial score (nSPS) is 12.6. The molecule has 0 aliphatic heterocycles. The van der Waals surface area contributed by atoms with Gasteiger partial charge in [-0.05, 0) is 18.1 Å². The van der Waals surface area contributed by atoms with E-state index in [4.69, 9.17) is 17.3 Å². The molecule has 0 aliphatic rings. The molecule has 0 amide bonds. The van der Waals surface area contributed by atoms with Crippen molar-refractivity contribution in [2.45, 2.75) is 18.9 Å². The summed E-state index contributed by atoms with van der Waals surface area (Å²) in [7, 11) is 1.98. The van der Waals surface area contributed by atoms with Gasteiger partial charge in [-0.2, -0.15) is 0 Å². The van der Waals surface area contributed by atoms with Crippen molar-refractivity contribution >= 4 is 11.6 Å². The monoisotopic (exact) mass is 250 g/mol. The molecule has 5 heteroatoms. The largest absolute Gasteiger partial charge is 0.338 e. The van der Waals surface area contributed by atoms with Gasteiger partial charge in [-0.15, -0.1) is 0 Å². The molecule has 2 rings (SSSR count). The molecule has 2 aromatic heterocycles. The van der Waals surface area contributed by atoms with E-state index in [-0.39, 0.29) is 6.04 Å². The van der Waals surface area contributed by atoms with E-state index >= 15 is 0 Å². The highest BCUT2D eigenvalue weighted by Crippen LogP contribution is 2.23. The molecule has 2 N–H and O–H groups in total. The summed E-state index contributed by atoms with van der Waals surface area (Å²) in [4.78, 5) is 8.21. The molecule has 2 heterocycles. The fraction of sp³-hybridized carbons (Fsp3) is 0.333.